The molecule has 0 aliphatic carbocycles. The van der Waals surface area contributed by atoms with Gasteiger partial charge in [-0.1, -0.05) is 133 Å². The molecule has 12 rings (SSSR count). The zero-order valence-electron chi connectivity index (χ0n) is 31.5. The highest BCUT2D eigenvalue weighted by molar-refractivity contribution is 6.39. The third-order valence-corrected chi connectivity index (χ3v) is 11.5. The van der Waals surface area contributed by atoms with Crippen molar-refractivity contribution >= 4 is 65.6 Å². The Bertz CT molecular complexity index is 3510. The monoisotopic (exact) mass is 743 g/mol. The summed E-state index contributed by atoms with van der Waals surface area (Å²) in [5, 5.41) is 6.89. The first-order valence-corrected chi connectivity index (χ1v) is 19.5. The maximum Gasteiger partial charge on any atom is 0.164 e. The van der Waals surface area contributed by atoms with Crippen LogP contribution in [0.5, 0.6) is 0 Å². The summed E-state index contributed by atoms with van der Waals surface area (Å²) in [5.74, 6) is 1.91. The number of fused-ring (bicyclic) bond motifs is 12. The fraction of sp³-hybridized carbons (Fsp3) is 0.0192. The molecule has 0 radical (unpaired) electrons. The van der Waals surface area contributed by atoms with Gasteiger partial charge in [-0.3, -0.25) is 0 Å². The van der Waals surface area contributed by atoms with Gasteiger partial charge < -0.3 is 13.6 Å². The van der Waals surface area contributed by atoms with E-state index < -0.39 is 0 Å². The van der Waals surface area contributed by atoms with E-state index >= 15 is 0 Å². The second-order valence-electron chi connectivity index (χ2n) is 14.8. The van der Waals surface area contributed by atoms with E-state index in [1.807, 2.05) is 60.7 Å². The average Bonchev–Trinajstić information content (AvgIpc) is 3.95. The van der Waals surface area contributed by atoms with E-state index in [-0.39, 0.29) is 0 Å². The van der Waals surface area contributed by atoms with Crippen molar-refractivity contribution in [2.75, 3.05) is 0 Å². The van der Waals surface area contributed by atoms with Gasteiger partial charge in [0.15, 0.2) is 23.1 Å². The summed E-state index contributed by atoms with van der Waals surface area (Å²) >= 11 is 0. The van der Waals surface area contributed by atoms with Crippen molar-refractivity contribution in [1.82, 2.24) is 24.1 Å². The highest BCUT2D eigenvalue weighted by Crippen LogP contribution is 2.49. The van der Waals surface area contributed by atoms with E-state index in [1.165, 1.54) is 16.2 Å². The summed E-state index contributed by atoms with van der Waals surface area (Å²) in [5.41, 5.74) is 12.3. The second-order valence-corrected chi connectivity index (χ2v) is 14.8. The predicted molar refractivity (Wildman–Crippen MR) is 237 cm³/mol. The van der Waals surface area contributed by atoms with Gasteiger partial charge in [-0.2, -0.15) is 0 Å². The highest BCUT2D eigenvalue weighted by Gasteiger charge is 2.28. The first-order chi connectivity index (χ1) is 28.7. The zero-order valence-corrected chi connectivity index (χ0v) is 31.5. The van der Waals surface area contributed by atoms with Crippen molar-refractivity contribution in [1.29, 1.82) is 0 Å². The van der Waals surface area contributed by atoms with Gasteiger partial charge in [0, 0.05) is 60.4 Å². The minimum atomic E-state index is 0.629. The molecule has 0 atom stereocenters. The van der Waals surface area contributed by atoms with Gasteiger partial charge >= 0.3 is 0 Å². The van der Waals surface area contributed by atoms with E-state index in [0.717, 1.165) is 83.0 Å². The molecular formula is C52H33N5O. The number of nitrogens with zero attached hydrogens (tertiary/aromatic N) is 5. The molecule has 0 aliphatic rings. The fourth-order valence-electron chi connectivity index (χ4n) is 8.96. The van der Waals surface area contributed by atoms with Gasteiger partial charge in [-0.15, -0.1) is 0 Å². The summed E-state index contributed by atoms with van der Waals surface area (Å²) in [6, 6.07) is 63.4. The molecule has 6 heteroatoms. The van der Waals surface area contributed by atoms with E-state index in [0.29, 0.717) is 17.5 Å². The molecular weight excluding hydrogens is 711 g/mol. The molecule has 0 bridgehead atoms. The fourth-order valence-corrected chi connectivity index (χ4v) is 8.96. The number of furan rings is 1. The van der Waals surface area contributed by atoms with Crippen LogP contribution in [0, 0.1) is 6.92 Å². The van der Waals surface area contributed by atoms with Crippen LogP contribution in [-0.4, -0.2) is 24.1 Å². The van der Waals surface area contributed by atoms with Crippen LogP contribution < -0.4 is 0 Å². The van der Waals surface area contributed by atoms with E-state index in [4.69, 9.17) is 19.4 Å². The molecule has 0 amide bonds. The summed E-state index contributed by atoms with van der Waals surface area (Å²) in [4.78, 5) is 15.0. The van der Waals surface area contributed by atoms with Crippen molar-refractivity contribution in [3.63, 3.8) is 0 Å². The maximum absolute atomic E-state index is 6.95. The molecule has 0 fully saturated rings. The second kappa shape index (κ2) is 12.6. The Labute approximate surface area is 332 Å². The lowest BCUT2D eigenvalue weighted by Gasteiger charge is -2.14. The Morgan fingerprint density at radius 1 is 0.414 bits per heavy atom. The standard InChI is InChI=1S/C52H33N5O/c1-32-31-35(52-54-50(33-17-5-2-6-18-33)53-51(55-52)34-19-7-3-8-20-34)29-30-40(32)57-42-27-15-11-23-37(42)44-45-39-25-13-16-28-43(39)58-49(45)48-46(47(44)57)38-24-12-14-26-41(38)56(48)36-21-9-4-10-22-36/h2-31H,1H3. The van der Waals surface area contributed by atoms with Crippen LogP contribution in [0.4, 0.5) is 0 Å². The molecule has 12 aromatic rings. The molecule has 0 saturated heterocycles. The Hall–Kier alpha value is -7.83. The van der Waals surface area contributed by atoms with Gasteiger partial charge in [0.05, 0.1) is 22.1 Å². The van der Waals surface area contributed by atoms with Crippen LogP contribution in [0.1, 0.15) is 5.56 Å². The maximum atomic E-state index is 6.95. The third kappa shape index (κ3) is 4.75. The van der Waals surface area contributed by atoms with Gasteiger partial charge in [0.1, 0.15) is 5.58 Å². The Balaban J connectivity index is 1.18. The Morgan fingerprint density at radius 2 is 0.931 bits per heavy atom. The number of aromatic nitrogens is 5. The summed E-state index contributed by atoms with van der Waals surface area (Å²) < 4.78 is 11.8. The van der Waals surface area contributed by atoms with Crippen molar-refractivity contribution in [2.45, 2.75) is 6.92 Å². The van der Waals surface area contributed by atoms with E-state index in [9.17, 15) is 0 Å². The van der Waals surface area contributed by atoms with Crippen LogP contribution in [0.3, 0.4) is 0 Å². The SMILES string of the molecule is Cc1cc(-c2nc(-c3ccccc3)nc(-c3ccccc3)n2)ccc1-n1c2ccccc2c2c3c4ccccc4oc3c3c(c4ccccc4n3-c3ccccc3)c21. The van der Waals surface area contributed by atoms with Crippen molar-refractivity contribution in [2.24, 2.45) is 0 Å². The molecule has 4 aromatic heterocycles. The topological polar surface area (TPSA) is 61.7 Å². The smallest absolute Gasteiger partial charge is 0.164 e. The van der Waals surface area contributed by atoms with Crippen LogP contribution in [0.15, 0.2) is 186 Å². The molecule has 6 nitrogen and oxygen atoms in total. The molecule has 0 N–H and O–H groups in total. The Kier molecular flexibility index (Phi) is 7.04. The third-order valence-electron chi connectivity index (χ3n) is 11.5. The van der Waals surface area contributed by atoms with Gasteiger partial charge in [0.2, 0.25) is 0 Å². The average molecular weight is 744 g/mol. The zero-order chi connectivity index (χ0) is 38.3. The molecule has 4 heterocycles. The van der Waals surface area contributed by atoms with Crippen molar-refractivity contribution < 1.29 is 4.42 Å². The lowest BCUT2D eigenvalue weighted by Crippen LogP contribution is -2.02. The molecule has 0 unspecified atom stereocenters. The van der Waals surface area contributed by atoms with Gasteiger partial charge in [-0.05, 0) is 61.0 Å². The normalized spacial score (nSPS) is 11.9. The molecule has 0 aliphatic heterocycles. The molecule has 0 saturated carbocycles. The van der Waals surface area contributed by atoms with Crippen molar-refractivity contribution in [3.05, 3.63) is 188 Å². The molecule has 272 valence electrons. The lowest BCUT2D eigenvalue weighted by atomic mass is 10.0. The van der Waals surface area contributed by atoms with Crippen molar-refractivity contribution in [3.8, 4) is 45.5 Å². The number of hydrogen-bond acceptors (Lipinski definition) is 4. The number of para-hydroxylation sites is 4. The summed E-state index contributed by atoms with van der Waals surface area (Å²) in [6.45, 7) is 2.19. The first-order valence-electron chi connectivity index (χ1n) is 19.5. The van der Waals surface area contributed by atoms with E-state index in [1.54, 1.807) is 0 Å². The number of hydrogen-bond donors (Lipinski definition) is 0. The minimum Gasteiger partial charge on any atom is -0.454 e. The van der Waals surface area contributed by atoms with Crippen LogP contribution in [0.25, 0.3) is 111 Å². The molecule has 58 heavy (non-hydrogen) atoms. The number of aryl methyl sites for hydroxylation is 1. The van der Waals surface area contributed by atoms with Gasteiger partial charge in [0.25, 0.3) is 0 Å². The predicted octanol–water partition coefficient (Wildman–Crippen LogP) is 13.3. The van der Waals surface area contributed by atoms with Crippen LogP contribution >= 0.6 is 0 Å². The first kappa shape index (κ1) is 32.4. The summed E-state index contributed by atoms with van der Waals surface area (Å²) in [6.07, 6.45) is 0. The van der Waals surface area contributed by atoms with Crippen LogP contribution in [-0.2, 0) is 0 Å². The summed E-state index contributed by atoms with van der Waals surface area (Å²) in [7, 11) is 0. The van der Waals surface area contributed by atoms with Crippen LogP contribution in [0.2, 0.25) is 0 Å². The molecule has 8 aromatic carbocycles. The van der Waals surface area contributed by atoms with Gasteiger partial charge in [-0.25, -0.2) is 15.0 Å². The van der Waals surface area contributed by atoms with E-state index in [2.05, 4.69) is 137 Å². The quantitative estimate of drug-likeness (QED) is 0.176. The highest BCUT2D eigenvalue weighted by atomic mass is 16.3. The largest absolute Gasteiger partial charge is 0.454 e. The molecule has 0 spiro atoms. The number of rotatable bonds is 5. The minimum absolute atomic E-state index is 0.629. The number of benzene rings is 8. The Morgan fingerprint density at radius 3 is 1.57 bits per heavy atom. The lowest BCUT2D eigenvalue weighted by molar-refractivity contribution is 0.671.